The zero-order chi connectivity index (χ0) is 17.3. The average molecular weight is 380 g/mol. The summed E-state index contributed by atoms with van der Waals surface area (Å²) in [7, 11) is -3.42. The van der Waals surface area contributed by atoms with Crippen molar-refractivity contribution in [2.75, 3.05) is 25.0 Å². The quantitative estimate of drug-likeness (QED) is 0.884. The van der Waals surface area contributed by atoms with Crippen LogP contribution in [0, 0.1) is 0 Å². The number of nitrogens with one attached hydrogen (secondary N) is 1. The van der Waals surface area contributed by atoms with Crippen LogP contribution in [0.2, 0.25) is 0 Å². The number of ether oxygens (including phenoxy) is 1. The van der Waals surface area contributed by atoms with Gasteiger partial charge < -0.3 is 10.1 Å². The van der Waals surface area contributed by atoms with Crippen LogP contribution in [-0.4, -0.2) is 49.0 Å². The van der Waals surface area contributed by atoms with Crippen molar-refractivity contribution in [3.05, 3.63) is 42.0 Å². The molecule has 2 atom stereocenters. The molecule has 134 valence electrons. The van der Waals surface area contributed by atoms with Gasteiger partial charge in [-0.15, -0.1) is 11.3 Å². The topological polar surface area (TPSA) is 71.5 Å². The smallest absolute Gasteiger partial charge is 0.252 e. The molecule has 2 aromatic heterocycles. The van der Waals surface area contributed by atoms with Crippen molar-refractivity contribution < 1.29 is 13.2 Å². The van der Waals surface area contributed by atoms with Gasteiger partial charge in [-0.25, -0.2) is 8.42 Å². The van der Waals surface area contributed by atoms with Crippen molar-refractivity contribution in [1.29, 1.82) is 0 Å². The zero-order valence-corrected chi connectivity index (χ0v) is 15.4. The van der Waals surface area contributed by atoms with Crippen LogP contribution in [-0.2, 0) is 14.8 Å². The molecule has 25 heavy (non-hydrogen) atoms. The molecule has 0 amide bonds. The van der Waals surface area contributed by atoms with Crippen molar-refractivity contribution in [3.8, 4) is 0 Å². The minimum absolute atomic E-state index is 0.175. The average Bonchev–Trinajstić information content (AvgIpc) is 3.27. The van der Waals surface area contributed by atoms with Crippen LogP contribution in [0.15, 0.2) is 46.2 Å². The van der Waals surface area contributed by atoms with E-state index in [9.17, 15) is 8.42 Å². The summed E-state index contributed by atoms with van der Waals surface area (Å²) in [5, 5.41) is 5.24. The molecule has 2 aliphatic heterocycles. The van der Waals surface area contributed by atoms with Crippen LogP contribution >= 0.6 is 11.3 Å². The van der Waals surface area contributed by atoms with E-state index >= 15 is 0 Å². The van der Waals surface area contributed by atoms with E-state index in [0.717, 1.165) is 24.9 Å². The number of thiophene rings is 1. The first kappa shape index (κ1) is 17.0. The first-order valence-corrected chi connectivity index (χ1v) is 10.7. The fourth-order valence-corrected chi connectivity index (χ4v) is 6.40. The molecule has 6 nitrogen and oxygen atoms in total. The molecule has 1 spiro atoms. The van der Waals surface area contributed by atoms with Gasteiger partial charge in [-0.05, 0) is 36.4 Å². The van der Waals surface area contributed by atoms with Gasteiger partial charge >= 0.3 is 0 Å². The number of hydrogen-bond acceptors (Lipinski definition) is 6. The van der Waals surface area contributed by atoms with Crippen LogP contribution in [0.5, 0.6) is 0 Å². The summed E-state index contributed by atoms with van der Waals surface area (Å²) in [5.41, 5.74) is 0.578. The number of aromatic nitrogens is 1. The van der Waals surface area contributed by atoms with E-state index < -0.39 is 10.0 Å². The van der Waals surface area contributed by atoms with Crippen LogP contribution in [0.3, 0.4) is 0 Å². The monoisotopic (exact) mass is 379 g/mol. The Kier molecular flexibility index (Phi) is 4.53. The van der Waals surface area contributed by atoms with E-state index in [4.69, 9.17) is 4.74 Å². The molecule has 1 N–H and O–H groups in total. The van der Waals surface area contributed by atoms with Crippen LogP contribution in [0.1, 0.15) is 19.3 Å². The molecule has 0 aliphatic carbocycles. The van der Waals surface area contributed by atoms with Gasteiger partial charge in [-0.1, -0.05) is 6.07 Å². The Morgan fingerprint density at radius 3 is 3.04 bits per heavy atom. The lowest BCUT2D eigenvalue weighted by molar-refractivity contribution is -0.0329. The first-order chi connectivity index (χ1) is 12.1. The molecule has 0 aromatic carbocycles. The van der Waals surface area contributed by atoms with Crippen LogP contribution in [0.4, 0.5) is 5.69 Å². The standard InChI is InChI=1S/C17H21N3O3S2/c21-25(22,16-5-2-9-24-16)20-8-3-6-17(13-20)10-15(12-23-17)19-14-4-1-7-18-11-14/h1-2,4-5,7,9,11,15,19H,3,6,8,10,12-13H2. The first-order valence-electron chi connectivity index (χ1n) is 8.42. The molecule has 2 aromatic rings. The second-order valence-corrected chi connectivity index (χ2v) is 9.77. The highest BCUT2D eigenvalue weighted by Crippen LogP contribution is 2.37. The molecular formula is C17H21N3O3S2. The van der Waals surface area contributed by atoms with Gasteiger partial charge in [0.25, 0.3) is 10.0 Å². The third kappa shape index (κ3) is 3.44. The van der Waals surface area contributed by atoms with E-state index in [1.54, 1.807) is 34.2 Å². The molecule has 4 heterocycles. The third-order valence-corrected chi connectivity index (χ3v) is 8.05. The zero-order valence-electron chi connectivity index (χ0n) is 13.8. The largest absolute Gasteiger partial charge is 0.379 e. The second-order valence-electron chi connectivity index (χ2n) is 6.66. The Hall–Kier alpha value is -1.48. The highest BCUT2D eigenvalue weighted by molar-refractivity contribution is 7.91. The van der Waals surface area contributed by atoms with Gasteiger partial charge in [-0.3, -0.25) is 4.98 Å². The fourth-order valence-electron chi connectivity index (χ4n) is 3.70. The number of hydrogen-bond donors (Lipinski definition) is 1. The van der Waals surface area contributed by atoms with Gasteiger partial charge in [0, 0.05) is 31.9 Å². The number of pyridine rings is 1. The maximum absolute atomic E-state index is 12.8. The summed E-state index contributed by atoms with van der Waals surface area (Å²) in [5.74, 6) is 0. The summed E-state index contributed by atoms with van der Waals surface area (Å²) >= 11 is 1.27. The summed E-state index contributed by atoms with van der Waals surface area (Å²) < 4.78 is 33.8. The summed E-state index contributed by atoms with van der Waals surface area (Å²) in [6.07, 6.45) is 6.06. The number of anilines is 1. The van der Waals surface area contributed by atoms with Crippen molar-refractivity contribution in [2.24, 2.45) is 0 Å². The van der Waals surface area contributed by atoms with Gasteiger partial charge in [0.05, 0.1) is 23.9 Å². The number of rotatable bonds is 4. The fraction of sp³-hybridized carbons (Fsp3) is 0.471. The number of piperidine rings is 1. The van der Waals surface area contributed by atoms with Gasteiger partial charge in [0.2, 0.25) is 0 Å². The predicted molar refractivity (Wildman–Crippen MR) is 97.3 cm³/mol. The lowest BCUT2D eigenvalue weighted by atomic mass is 9.90. The maximum atomic E-state index is 12.8. The third-order valence-electron chi connectivity index (χ3n) is 4.84. The molecule has 2 unspecified atom stereocenters. The highest BCUT2D eigenvalue weighted by atomic mass is 32.2. The summed E-state index contributed by atoms with van der Waals surface area (Å²) in [6, 6.07) is 7.49. The maximum Gasteiger partial charge on any atom is 0.252 e. The molecule has 4 rings (SSSR count). The van der Waals surface area contributed by atoms with Crippen molar-refractivity contribution in [3.63, 3.8) is 0 Å². The van der Waals surface area contributed by atoms with Crippen LogP contribution < -0.4 is 5.32 Å². The Bertz CT molecular complexity index is 811. The molecular weight excluding hydrogens is 358 g/mol. The van der Waals surface area contributed by atoms with E-state index in [0.29, 0.717) is 23.9 Å². The number of sulfonamides is 1. The molecule has 2 fully saturated rings. The van der Waals surface area contributed by atoms with Gasteiger partial charge in [-0.2, -0.15) is 4.31 Å². The van der Waals surface area contributed by atoms with E-state index in [1.807, 2.05) is 12.1 Å². The minimum atomic E-state index is -3.42. The van der Waals surface area contributed by atoms with E-state index in [-0.39, 0.29) is 11.6 Å². The summed E-state index contributed by atoms with van der Waals surface area (Å²) in [4.78, 5) is 4.11. The summed E-state index contributed by atoms with van der Waals surface area (Å²) in [6.45, 7) is 1.58. The lowest BCUT2D eigenvalue weighted by Gasteiger charge is -2.38. The minimum Gasteiger partial charge on any atom is -0.379 e. The van der Waals surface area contributed by atoms with Crippen LogP contribution in [0.25, 0.3) is 0 Å². The molecule has 0 radical (unpaired) electrons. The Morgan fingerprint density at radius 2 is 2.28 bits per heavy atom. The normalized spacial score (nSPS) is 27.6. The highest BCUT2D eigenvalue weighted by Gasteiger charge is 2.46. The van der Waals surface area contributed by atoms with Crippen molar-refractivity contribution >= 4 is 27.0 Å². The molecule has 0 saturated carbocycles. The molecule has 0 bridgehead atoms. The van der Waals surface area contributed by atoms with Crippen molar-refractivity contribution in [2.45, 2.75) is 35.1 Å². The Labute approximate surface area is 151 Å². The SMILES string of the molecule is O=S(=O)(c1cccs1)N1CCCC2(CC(Nc3cccnc3)CO2)C1. The molecule has 2 aliphatic rings. The van der Waals surface area contributed by atoms with E-state index in [2.05, 4.69) is 10.3 Å². The Morgan fingerprint density at radius 1 is 1.36 bits per heavy atom. The lowest BCUT2D eigenvalue weighted by Crippen LogP contribution is -2.50. The van der Waals surface area contributed by atoms with Gasteiger partial charge in [0.1, 0.15) is 4.21 Å². The second kappa shape index (κ2) is 6.68. The number of nitrogens with zero attached hydrogens (tertiary/aromatic N) is 2. The Balaban J connectivity index is 1.46. The van der Waals surface area contributed by atoms with E-state index in [1.165, 1.54) is 11.3 Å². The molecule has 2 saturated heterocycles. The predicted octanol–water partition coefficient (Wildman–Crippen LogP) is 2.57. The van der Waals surface area contributed by atoms with Crippen molar-refractivity contribution in [1.82, 2.24) is 9.29 Å². The van der Waals surface area contributed by atoms with Gasteiger partial charge in [0.15, 0.2) is 0 Å². The molecule has 8 heteroatoms.